The molecule has 2 aromatic carbocycles. The van der Waals surface area contributed by atoms with Crippen LogP contribution in [-0.2, 0) is 0 Å². The minimum Gasteiger partial charge on any atom is -0.493 e. The van der Waals surface area contributed by atoms with Crippen molar-refractivity contribution in [2.75, 3.05) is 33.2 Å². The van der Waals surface area contributed by atoms with Crippen LogP contribution >= 0.6 is 11.6 Å². The standard InChI is InChI=1S/C20H20ClN3O3/c1-24(2)15-8-5-13(6-9-15)11-16(21)20-22-19(23-27-20)14-7-10-17(25-3)18(12-14)26-4/h5-12H,1-4H3/b16-11-. The van der Waals surface area contributed by atoms with Gasteiger partial charge in [0.05, 0.1) is 14.2 Å². The predicted octanol–water partition coefficient (Wildman–Crippen LogP) is 4.56. The first-order chi connectivity index (χ1) is 13.0. The van der Waals surface area contributed by atoms with Gasteiger partial charge in [0.15, 0.2) is 11.5 Å². The third-order valence-corrected chi connectivity index (χ3v) is 4.25. The SMILES string of the molecule is COc1ccc(-c2noc(/C(Cl)=C/c3ccc(N(C)C)cc3)n2)cc1OC. The maximum Gasteiger partial charge on any atom is 0.269 e. The van der Waals surface area contributed by atoms with Crippen LogP contribution < -0.4 is 14.4 Å². The summed E-state index contributed by atoms with van der Waals surface area (Å²) in [5.74, 6) is 1.88. The Morgan fingerprint density at radius 3 is 2.37 bits per heavy atom. The topological polar surface area (TPSA) is 60.6 Å². The molecule has 3 rings (SSSR count). The van der Waals surface area contributed by atoms with Crippen LogP contribution in [0.25, 0.3) is 22.5 Å². The number of rotatable bonds is 6. The number of anilines is 1. The fraction of sp³-hybridized carbons (Fsp3) is 0.200. The summed E-state index contributed by atoms with van der Waals surface area (Å²) in [7, 11) is 7.14. The average Bonchev–Trinajstić information content (AvgIpc) is 3.18. The maximum absolute atomic E-state index is 6.36. The van der Waals surface area contributed by atoms with Gasteiger partial charge in [-0.15, -0.1) is 0 Å². The van der Waals surface area contributed by atoms with Crippen molar-refractivity contribution in [3.63, 3.8) is 0 Å². The van der Waals surface area contributed by atoms with Crippen molar-refractivity contribution in [2.24, 2.45) is 0 Å². The number of methoxy groups -OCH3 is 2. The number of aromatic nitrogens is 2. The fourth-order valence-electron chi connectivity index (χ4n) is 2.49. The quantitative estimate of drug-likeness (QED) is 0.620. The van der Waals surface area contributed by atoms with Gasteiger partial charge in [0.2, 0.25) is 5.82 Å². The van der Waals surface area contributed by atoms with Crippen LogP contribution in [0.4, 0.5) is 5.69 Å². The Bertz CT molecular complexity index is 949. The Labute approximate surface area is 163 Å². The highest BCUT2D eigenvalue weighted by atomic mass is 35.5. The van der Waals surface area contributed by atoms with Crippen molar-refractivity contribution >= 4 is 28.4 Å². The molecule has 7 heteroatoms. The average molecular weight is 386 g/mol. The first-order valence-electron chi connectivity index (χ1n) is 8.23. The van der Waals surface area contributed by atoms with Crippen molar-refractivity contribution in [3.8, 4) is 22.9 Å². The molecule has 0 saturated carbocycles. The molecule has 27 heavy (non-hydrogen) atoms. The van der Waals surface area contributed by atoms with E-state index in [9.17, 15) is 0 Å². The number of hydrogen-bond donors (Lipinski definition) is 0. The lowest BCUT2D eigenvalue weighted by molar-refractivity contribution is 0.355. The second-order valence-electron chi connectivity index (χ2n) is 5.97. The van der Waals surface area contributed by atoms with Crippen LogP contribution in [0.1, 0.15) is 11.5 Å². The zero-order chi connectivity index (χ0) is 19.4. The normalized spacial score (nSPS) is 11.4. The second-order valence-corrected chi connectivity index (χ2v) is 6.38. The van der Waals surface area contributed by atoms with Crippen LogP contribution in [-0.4, -0.2) is 38.5 Å². The predicted molar refractivity (Wildman–Crippen MR) is 107 cm³/mol. The summed E-state index contributed by atoms with van der Waals surface area (Å²) in [6.07, 6.45) is 1.78. The van der Waals surface area contributed by atoms with E-state index in [1.807, 2.05) is 49.3 Å². The van der Waals surface area contributed by atoms with E-state index in [1.54, 1.807) is 32.4 Å². The Hall–Kier alpha value is -2.99. The lowest BCUT2D eigenvalue weighted by atomic mass is 10.2. The maximum atomic E-state index is 6.36. The molecular weight excluding hydrogens is 366 g/mol. The van der Waals surface area contributed by atoms with Crippen molar-refractivity contribution in [1.82, 2.24) is 10.1 Å². The molecule has 0 N–H and O–H groups in total. The van der Waals surface area contributed by atoms with Crippen LogP contribution in [0, 0.1) is 0 Å². The van der Waals surface area contributed by atoms with E-state index in [4.69, 9.17) is 25.6 Å². The number of nitrogens with zero attached hydrogens (tertiary/aromatic N) is 3. The number of hydrogen-bond acceptors (Lipinski definition) is 6. The van der Waals surface area contributed by atoms with E-state index >= 15 is 0 Å². The third-order valence-electron chi connectivity index (χ3n) is 3.97. The minimum absolute atomic E-state index is 0.248. The molecule has 1 aromatic heterocycles. The van der Waals surface area contributed by atoms with Gasteiger partial charge in [-0.05, 0) is 42.0 Å². The van der Waals surface area contributed by atoms with E-state index in [0.29, 0.717) is 22.4 Å². The molecule has 0 unspecified atom stereocenters. The lowest BCUT2D eigenvalue weighted by Gasteiger charge is -2.11. The van der Waals surface area contributed by atoms with E-state index in [2.05, 4.69) is 10.1 Å². The first kappa shape index (κ1) is 18.8. The molecular formula is C20H20ClN3O3. The summed E-state index contributed by atoms with van der Waals surface area (Å²) in [5.41, 5.74) is 2.79. The fourth-order valence-corrected chi connectivity index (χ4v) is 2.69. The lowest BCUT2D eigenvalue weighted by Crippen LogP contribution is -2.07. The smallest absolute Gasteiger partial charge is 0.269 e. The third kappa shape index (κ3) is 4.23. The van der Waals surface area contributed by atoms with Crippen molar-refractivity contribution in [2.45, 2.75) is 0 Å². The molecule has 0 atom stereocenters. The largest absolute Gasteiger partial charge is 0.493 e. The van der Waals surface area contributed by atoms with Crippen molar-refractivity contribution in [1.29, 1.82) is 0 Å². The zero-order valence-corrected chi connectivity index (χ0v) is 16.3. The molecule has 0 bridgehead atoms. The second kappa shape index (κ2) is 8.14. The number of benzene rings is 2. The molecule has 0 aliphatic carbocycles. The molecule has 0 radical (unpaired) electrons. The highest BCUT2D eigenvalue weighted by Gasteiger charge is 2.14. The van der Waals surface area contributed by atoms with Gasteiger partial charge in [-0.1, -0.05) is 28.9 Å². The van der Waals surface area contributed by atoms with Gasteiger partial charge in [-0.25, -0.2) is 0 Å². The van der Waals surface area contributed by atoms with Crippen LogP contribution in [0.5, 0.6) is 11.5 Å². The summed E-state index contributed by atoms with van der Waals surface area (Å²) >= 11 is 6.36. The molecule has 0 saturated heterocycles. The van der Waals surface area contributed by atoms with Gasteiger partial charge in [0.25, 0.3) is 5.89 Å². The van der Waals surface area contributed by atoms with E-state index in [1.165, 1.54) is 0 Å². The zero-order valence-electron chi connectivity index (χ0n) is 15.6. The first-order valence-corrected chi connectivity index (χ1v) is 8.60. The number of ether oxygens (including phenoxy) is 2. The molecule has 0 aliphatic heterocycles. The van der Waals surface area contributed by atoms with Gasteiger partial charge >= 0.3 is 0 Å². The minimum atomic E-state index is 0.248. The van der Waals surface area contributed by atoms with Gasteiger partial charge in [-0.3, -0.25) is 0 Å². The molecule has 0 aliphatic rings. The number of halogens is 1. The Morgan fingerprint density at radius 2 is 1.74 bits per heavy atom. The summed E-state index contributed by atoms with van der Waals surface area (Å²) in [6.45, 7) is 0. The highest BCUT2D eigenvalue weighted by Crippen LogP contribution is 2.32. The van der Waals surface area contributed by atoms with Crippen LogP contribution in [0.2, 0.25) is 0 Å². The van der Waals surface area contributed by atoms with E-state index < -0.39 is 0 Å². The summed E-state index contributed by atoms with van der Waals surface area (Å²) in [6, 6.07) is 13.4. The molecule has 3 aromatic rings. The summed E-state index contributed by atoms with van der Waals surface area (Å²) < 4.78 is 15.8. The summed E-state index contributed by atoms with van der Waals surface area (Å²) in [4.78, 5) is 6.40. The Morgan fingerprint density at radius 1 is 1.04 bits per heavy atom. The summed E-state index contributed by atoms with van der Waals surface area (Å²) in [5, 5.41) is 4.37. The van der Waals surface area contributed by atoms with Gasteiger partial charge in [0, 0.05) is 25.3 Å². The van der Waals surface area contributed by atoms with Gasteiger partial charge in [0.1, 0.15) is 5.03 Å². The molecule has 140 valence electrons. The monoisotopic (exact) mass is 385 g/mol. The molecule has 6 nitrogen and oxygen atoms in total. The van der Waals surface area contributed by atoms with Crippen molar-refractivity contribution in [3.05, 3.63) is 53.9 Å². The van der Waals surface area contributed by atoms with Crippen LogP contribution in [0.3, 0.4) is 0 Å². The molecule has 1 heterocycles. The van der Waals surface area contributed by atoms with Crippen LogP contribution in [0.15, 0.2) is 47.0 Å². The Kier molecular flexibility index (Phi) is 5.66. The molecule has 0 fully saturated rings. The van der Waals surface area contributed by atoms with E-state index in [-0.39, 0.29) is 5.89 Å². The molecule has 0 spiro atoms. The molecule has 0 amide bonds. The van der Waals surface area contributed by atoms with Crippen molar-refractivity contribution < 1.29 is 14.0 Å². The van der Waals surface area contributed by atoms with E-state index in [0.717, 1.165) is 16.8 Å². The van der Waals surface area contributed by atoms with Gasteiger partial charge < -0.3 is 18.9 Å². The highest BCUT2D eigenvalue weighted by molar-refractivity contribution is 6.50. The van der Waals surface area contributed by atoms with Gasteiger partial charge in [-0.2, -0.15) is 4.98 Å². The Balaban J connectivity index is 1.84.